The van der Waals surface area contributed by atoms with Crippen LogP contribution in [0.1, 0.15) is 13.8 Å². The zero-order valence-corrected chi connectivity index (χ0v) is 14.3. The maximum atomic E-state index is 12.4. The summed E-state index contributed by atoms with van der Waals surface area (Å²) in [5, 5.41) is 0.872. The fourth-order valence-corrected chi connectivity index (χ4v) is 3.02. The highest BCUT2D eigenvalue weighted by molar-refractivity contribution is 5.88. The van der Waals surface area contributed by atoms with Crippen LogP contribution in [0.25, 0.3) is 10.9 Å². The molecule has 0 spiro atoms. The minimum Gasteiger partial charge on any atom is -0.383 e. The Morgan fingerprint density at radius 1 is 1.12 bits per heavy atom. The summed E-state index contributed by atoms with van der Waals surface area (Å²) in [5.74, 6) is 1.14. The van der Waals surface area contributed by atoms with Crippen molar-refractivity contribution in [3.8, 4) is 0 Å². The summed E-state index contributed by atoms with van der Waals surface area (Å²) >= 11 is 0. The minimum absolute atomic E-state index is 0.110. The second-order valence-corrected chi connectivity index (χ2v) is 5.85. The number of benzene rings is 1. The van der Waals surface area contributed by atoms with Gasteiger partial charge in [0.05, 0.1) is 5.52 Å². The van der Waals surface area contributed by atoms with Gasteiger partial charge in [0.15, 0.2) is 0 Å². The van der Waals surface area contributed by atoms with Crippen molar-refractivity contribution >= 4 is 28.7 Å². The third kappa shape index (κ3) is 3.06. The number of rotatable bonds is 3. The van der Waals surface area contributed by atoms with Gasteiger partial charge >= 0.3 is 6.03 Å². The molecule has 0 aliphatic carbocycles. The summed E-state index contributed by atoms with van der Waals surface area (Å²) in [6, 6.07) is 7.85. The highest BCUT2D eigenvalue weighted by atomic mass is 16.2. The van der Waals surface area contributed by atoms with Crippen molar-refractivity contribution in [2.24, 2.45) is 0 Å². The lowest BCUT2D eigenvalue weighted by molar-refractivity contribution is 0.154. The number of carbonyl (C=O) groups is 1. The number of fused-ring (bicyclic) bond motifs is 1. The van der Waals surface area contributed by atoms with Crippen molar-refractivity contribution in [1.29, 1.82) is 0 Å². The molecule has 1 aromatic carbocycles. The van der Waals surface area contributed by atoms with Crippen LogP contribution in [0.15, 0.2) is 24.3 Å². The summed E-state index contributed by atoms with van der Waals surface area (Å²) in [6.45, 7) is 8.25. The van der Waals surface area contributed by atoms with Crippen LogP contribution < -0.4 is 10.6 Å². The van der Waals surface area contributed by atoms with E-state index in [4.69, 9.17) is 5.73 Å². The van der Waals surface area contributed by atoms with Crippen molar-refractivity contribution in [3.05, 3.63) is 24.3 Å². The van der Waals surface area contributed by atoms with Crippen LogP contribution in [0.4, 0.5) is 16.6 Å². The first-order valence-corrected chi connectivity index (χ1v) is 8.45. The van der Waals surface area contributed by atoms with Gasteiger partial charge in [0.25, 0.3) is 0 Å². The molecule has 2 amide bonds. The smallest absolute Gasteiger partial charge is 0.320 e. The van der Waals surface area contributed by atoms with Gasteiger partial charge in [-0.3, -0.25) is 0 Å². The average molecular weight is 328 g/mol. The number of hydrogen-bond donors (Lipinski definition) is 1. The van der Waals surface area contributed by atoms with Crippen molar-refractivity contribution in [2.75, 3.05) is 49.9 Å². The van der Waals surface area contributed by atoms with E-state index in [1.807, 2.05) is 47.9 Å². The van der Waals surface area contributed by atoms with E-state index >= 15 is 0 Å². The molecule has 1 saturated heterocycles. The van der Waals surface area contributed by atoms with Crippen molar-refractivity contribution in [1.82, 2.24) is 19.8 Å². The van der Waals surface area contributed by atoms with Crippen LogP contribution in [0.2, 0.25) is 0 Å². The summed E-state index contributed by atoms with van der Waals surface area (Å²) in [6.07, 6.45) is 0. The Hall–Kier alpha value is -2.57. The number of hydrogen-bond acceptors (Lipinski definition) is 5. The number of piperazine rings is 1. The molecule has 2 N–H and O–H groups in total. The molecule has 0 radical (unpaired) electrons. The zero-order valence-electron chi connectivity index (χ0n) is 14.3. The molecule has 1 fully saturated rings. The maximum absolute atomic E-state index is 12.4. The van der Waals surface area contributed by atoms with Crippen LogP contribution in [-0.2, 0) is 0 Å². The lowest BCUT2D eigenvalue weighted by Crippen LogP contribution is -2.53. The highest BCUT2D eigenvalue weighted by Gasteiger charge is 2.25. The molecule has 2 aromatic rings. The quantitative estimate of drug-likeness (QED) is 0.929. The van der Waals surface area contributed by atoms with Gasteiger partial charge in [0, 0.05) is 44.7 Å². The molecule has 7 heteroatoms. The van der Waals surface area contributed by atoms with Gasteiger partial charge in [0.2, 0.25) is 5.95 Å². The molecule has 0 atom stereocenters. The number of anilines is 2. The van der Waals surface area contributed by atoms with Crippen LogP contribution in [0.5, 0.6) is 0 Å². The number of aromatic nitrogens is 2. The lowest BCUT2D eigenvalue weighted by atomic mass is 10.2. The van der Waals surface area contributed by atoms with Crippen LogP contribution in [0, 0.1) is 0 Å². The number of urea groups is 1. The van der Waals surface area contributed by atoms with E-state index in [0.717, 1.165) is 24.0 Å². The summed E-state index contributed by atoms with van der Waals surface area (Å²) in [4.78, 5) is 27.3. The fraction of sp³-hybridized carbons (Fsp3) is 0.471. The van der Waals surface area contributed by atoms with E-state index in [-0.39, 0.29) is 6.03 Å². The monoisotopic (exact) mass is 328 g/mol. The average Bonchev–Trinajstić information content (AvgIpc) is 2.63. The Morgan fingerprint density at radius 2 is 1.79 bits per heavy atom. The standard InChI is InChI=1S/C17H24N6O/c1-3-21(4-2)17(24)23-11-9-22(10-12-23)16-19-14-8-6-5-7-13(14)15(18)20-16/h5-8H,3-4,9-12H2,1-2H3,(H2,18,19,20). The Labute approximate surface area is 142 Å². The summed E-state index contributed by atoms with van der Waals surface area (Å²) in [5.41, 5.74) is 6.91. The topological polar surface area (TPSA) is 78.6 Å². The molecular weight excluding hydrogens is 304 g/mol. The second kappa shape index (κ2) is 6.90. The Bertz CT molecular complexity index is 722. The minimum atomic E-state index is 0.110. The van der Waals surface area contributed by atoms with Gasteiger partial charge in [-0.1, -0.05) is 12.1 Å². The van der Waals surface area contributed by atoms with E-state index < -0.39 is 0 Å². The third-order valence-corrected chi connectivity index (χ3v) is 4.49. The first-order chi connectivity index (χ1) is 11.6. The number of para-hydroxylation sites is 1. The molecule has 0 saturated carbocycles. The maximum Gasteiger partial charge on any atom is 0.320 e. The molecule has 7 nitrogen and oxygen atoms in total. The van der Waals surface area contributed by atoms with Crippen molar-refractivity contribution < 1.29 is 4.79 Å². The van der Waals surface area contributed by atoms with Gasteiger partial charge in [-0.05, 0) is 26.0 Å². The van der Waals surface area contributed by atoms with E-state index in [0.29, 0.717) is 37.9 Å². The van der Waals surface area contributed by atoms with Crippen LogP contribution in [-0.4, -0.2) is 65.1 Å². The summed E-state index contributed by atoms with van der Waals surface area (Å²) in [7, 11) is 0. The molecule has 2 heterocycles. The number of nitrogens with zero attached hydrogens (tertiary/aromatic N) is 5. The summed E-state index contributed by atoms with van der Waals surface area (Å²) < 4.78 is 0. The molecule has 1 aromatic heterocycles. The predicted molar refractivity (Wildman–Crippen MR) is 96.1 cm³/mol. The van der Waals surface area contributed by atoms with Gasteiger partial charge < -0.3 is 20.4 Å². The number of carbonyl (C=O) groups excluding carboxylic acids is 1. The molecule has 1 aliphatic heterocycles. The van der Waals surface area contributed by atoms with Crippen LogP contribution in [0.3, 0.4) is 0 Å². The van der Waals surface area contributed by atoms with Gasteiger partial charge in [-0.15, -0.1) is 0 Å². The molecule has 0 bridgehead atoms. The number of amides is 2. The molecule has 128 valence electrons. The highest BCUT2D eigenvalue weighted by Crippen LogP contribution is 2.21. The van der Waals surface area contributed by atoms with Crippen LogP contribution >= 0.6 is 0 Å². The SMILES string of the molecule is CCN(CC)C(=O)N1CCN(c2nc(N)c3ccccc3n2)CC1. The molecule has 0 unspecified atom stereocenters. The van der Waals surface area contributed by atoms with Crippen molar-refractivity contribution in [2.45, 2.75) is 13.8 Å². The fourth-order valence-electron chi connectivity index (χ4n) is 3.02. The first-order valence-electron chi connectivity index (χ1n) is 8.45. The molecule has 24 heavy (non-hydrogen) atoms. The number of nitrogen functional groups attached to an aromatic ring is 1. The number of nitrogens with two attached hydrogens (primary N) is 1. The van der Waals surface area contributed by atoms with Gasteiger partial charge in [-0.2, -0.15) is 4.98 Å². The third-order valence-electron chi connectivity index (χ3n) is 4.49. The zero-order chi connectivity index (χ0) is 17.1. The van der Waals surface area contributed by atoms with E-state index in [1.165, 1.54) is 0 Å². The lowest BCUT2D eigenvalue weighted by Gasteiger charge is -2.37. The molecular formula is C17H24N6O. The first kappa shape index (κ1) is 16.3. The molecule has 1 aliphatic rings. The normalized spacial score (nSPS) is 14.9. The largest absolute Gasteiger partial charge is 0.383 e. The van der Waals surface area contributed by atoms with E-state index in [2.05, 4.69) is 14.9 Å². The van der Waals surface area contributed by atoms with E-state index in [9.17, 15) is 4.79 Å². The van der Waals surface area contributed by atoms with Crippen molar-refractivity contribution in [3.63, 3.8) is 0 Å². The Balaban J connectivity index is 1.72. The molecule has 3 rings (SSSR count). The van der Waals surface area contributed by atoms with Gasteiger partial charge in [-0.25, -0.2) is 9.78 Å². The Kier molecular flexibility index (Phi) is 4.69. The Morgan fingerprint density at radius 3 is 2.46 bits per heavy atom. The van der Waals surface area contributed by atoms with Gasteiger partial charge in [0.1, 0.15) is 5.82 Å². The predicted octanol–water partition coefficient (Wildman–Crippen LogP) is 1.80. The van der Waals surface area contributed by atoms with E-state index in [1.54, 1.807) is 0 Å². The second-order valence-electron chi connectivity index (χ2n) is 5.85.